The molecule has 72 valence electrons. The summed E-state index contributed by atoms with van der Waals surface area (Å²) in [6, 6.07) is 1.71. The Morgan fingerprint density at radius 2 is 2.00 bits per heavy atom. The monoisotopic (exact) mass is 182 g/mol. The minimum atomic E-state index is -0.733. The van der Waals surface area contributed by atoms with E-state index in [1.807, 2.05) is 13.8 Å². The van der Waals surface area contributed by atoms with Gasteiger partial charge in [0.15, 0.2) is 5.82 Å². The molecule has 0 radical (unpaired) electrons. The van der Waals surface area contributed by atoms with Crippen LogP contribution >= 0.6 is 0 Å². The molecule has 1 N–H and O–H groups in total. The van der Waals surface area contributed by atoms with E-state index < -0.39 is 6.10 Å². The molecular formula is C9H14N2O2. The van der Waals surface area contributed by atoms with Crippen molar-refractivity contribution < 1.29 is 9.84 Å². The molecule has 0 spiro atoms. The van der Waals surface area contributed by atoms with Crippen LogP contribution in [0.5, 0.6) is 0 Å². The van der Waals surface area contributed by atoms with E-state index in [4.69, 9.17) is 4.74 Å². The van der Waals surface area contributed by atoms with Crippen molar-refractivity contribution in [2.24, 2.45) is 0 Å². The first-order valence-electron chi connectivity index (χ1n) is 4.26. The Bertz CT molecular complexity index is 239. The second kappa shape index (κ2) is 4.89. The van der Waals surface area contributed by atoms with E-state index in [-0.39, 0.29) is 12.7 Å². The zero-order valence-electron chi connectivity index (χ0n) is 7.84. The average Bonchev–Trinajstić information content (AvgIpc) is 2.15. The third-order valence-corrected chi connectivity index (χ3v) is 1.47. The second-order valence-corrected chi connectivity index (χ2v) is 3.00. The molecule has 0 aliphatic heterocycles. The van der Waals surface area contributed by atoms with E-state index in [2.05, 4.69) is 9.97 Å². The van der Waals surface area contributed by atoms with Gasteiger partial charge < -0.3 is 9.84 Å². The van der Waals surface area contributed by atoms with Crippen LogP contribution in [0.1, 0.15) is 25.8 Å². The molecule has 0 saturated carbocycles. The summed E-state index contributed by atoms with van der Waals surface area (Å²) >= 11 is 0. The van der Waals surface area contributed by atoms with Crippen LogP contribution in [0.25, 0.3) is 0 Å². The van der Waals surface area contributed by atoms with Crippen LogP contribution in [0.15, 0.2) is 18.5 Å². The molecule has 0 amide bonds. The third kappa shape index (κ3) is 3.48. The summed E-state index contributed by atoms with van der Waals surface area (Å²) in [6.07, 6.45) is 2.57. The van der Waals surface area contributed by atoms with E-state index >= 15 is 0 Å². The number of hydrogen-bond acceptors (Lipinski definition) is 4. The minimum absolute atomic E-state index is 0.110. The van der Waals surface area contributed by atoms with Crippen LogP contribution in [-0.4, -0.2) is 27.8 Å². The number of rotatable bonds is 4. The highest BCUT2D eigenvalue weighted by atomic mass is 16.5. The fourth-order valence-electron chi connectivity index (χ4n) is 0.841. The first-order valence-corrected chi connectivity index (χ1v) is 4.26. The normalized spacial score (nSPS) is 13.2. The van der Waals surface area contributed by atoms with Crippen LogP contribution in [0.4, 0.5) is 0 Å². The van der Waals surface area contributed by atoms with E-state index in [1.165, 1.54) is 0 Å². The van der Waals surface area contributed by atoms with Gasteiger partial charge >= 0.3 is 0 Å². The van der Waals surface area contributed by atoms with Crippen molar-refractivity contribution in [2.45, 2.75) is 26.1 Å². The molecule has 1 aromatic rings. The Hall–Kier alpha value is -1.00. The summed E-state index contributed by atoms with van der Waals surface area (Å²) in [4.78, 5) is 7.83. The highest BCUT2D eigenvalue weighted by Crippen LogP contribution is 2.06. The summed E-state index contributed by atoms with van der Waals surface area (Å²) in [7, 11) is 0. The lowest BCUT2D eigenvalue weighted by molar-refractivity contribution is 0.00144. The second-order valence-electron chi connectivity index (χ2n) is 3.00. The number of aromatic nitrogens is 2. The molecule has 0 aliphatic carbocycles. The smallest absolute Gasteiger partial charge is 0.159 e. The Kier molecular flexibility index (Phi) is 3.79. The van der Waals surface area contributed by atoms with Gasteiger partial charge in [0, 0.05) is 12.4 Å². The summed E-state index contributed by atoms with van der Waals surface area (Å²) in [5, 5.41) is 9.52. The maximum absolute atomic E-state index is 9.52. The largest absolute Gasteiger partial charge is 0.383 e. The highest BCUT2D eigenvalue weighted by Gasteiger charge is 2.10. The number of aliphatic hydroxyl groups excluding tert-OH is 1. The van der Waals surface area contributed by atoms with Gasteiger partial charge in [-0.15, -0.1) is 0 Å². The van der Waals surface area contributed by atoms with E-state index in [1.54, 1.807) is 18.5 Å². The van der Waals surface area contributed by atoms with Crippen molar-refractivity contribution in [3.63, 3.8) is 0 Å². The SMILES string of the molecule is CC(C)OCC(O)c1ncccn1. The van der Waals surface area contributed by atoms with Crippen LogP contribution in [0.2, 0.25) is 0 Å². The number of hydrogen-bond donors (Lipinski definition) is 1. The fourth-order valence-corrected chi connectivity index (χ4v) is 0.841. The molecule has 0 fully saturated rings. The maximum atomic E-state index is 9.52. The molecule has 1 rings (SSSR count). The lowest BCUT2D eigenvalue weighted by Gasteiger charge is -2.11. The van der Waals surface area contributed by atoms with Crippen molar-refractivity contribution >= 4 is 0 Å². The molecule has 13 heavy (non-hydrogen) atoms. The summed E-state index contributed by atoms with van der Waals surface area (Å²) < 4.78 is 5.23. The van der Waals surface area contributed by atoms with Crippen molar-refractivity contribution in [2.75, 3.05) is 6.61 Å². The number of aliphatic hydroxyl groups is 1. The summed E-state index contributed by atoms with van der Waals surface area (Å²) in [6.45, 7) is 4.07. The molecule has 0 saturated heterocycles. The van der Waals surface area contributed by atoms with E-state index in [0.717, 1.165) is 0 Å². The van der Waals surface area contributed by atoms with Crippen LogP contribution < -0.4 is 0 Å². The molecule has 1 atom stereocenters. The Balaban J connectivity index is 2.44. The highest BCUT2D eigenvalue weighted by molar-refractivity contribution is 4.92. The van der Waals surface area contributed by atoms with Crippen molar-refractivity contribution in [3.05, 3.63) is 24.3 Å². The molecule has 1 aromatic heterocycles. The molecule has 0 bridgehead atoms. The Labute approximate surface area is 77.6 Å². The summed E-state index contributed by atoms with van der Waals surface area (Å²) in [5.74, 6) is 0.406. The molecule has 4 heteroatoms. The molecular weight excluding hydrogens is 168 g/mol. The van der Waals surface area contributed by atoms with Crippen molar-refractivity contribution in [3.8, 4) is 0 Å². The predicted molar refractivity (Wildman–Crippen MR) is 48.1 cm³/mol. The van der Waals surface area contributed by atoms with Crippen LogP contribution in [-0.2, 0) is 4.74 Å². The standard InChI is InChI=1S/C9H14N2O2/c1-7(2)13-6-8(12)9-10-4-3-5-11-9/h3-5,7-8,12H,6H2,1-2H3. The lowest BCUT2D eigenvalue weighted by atomic mass is 10.3. The average molecular weight is 182 g/mol. The summed E-state index contributed by atoms with van der Waals surface area (Å²) in [5.41, 5.74) is 0. The van der Waals surface area contributed by atoms with Gasteiger partial charge in [0.25, 0.3) is 0 Å². The van der Waals surface area contributed by atoms with Gasteiger partial charge in [-0.3, -0.25) is 0 Å². The van der Waals surface area contributed by atoms with Crippen LogP contribution in [0.3, 0.4) is 0 Å². The van der Waals surface area contributed by atoms with Gasteiger partial charge in [0.05, 0.1) is 12.7 Å². The zero-order chi connectivity index (χ0) is 9.68. The van der Waals surface area contributed by atoms with Gasteiger partial charge in [-0.1, -0.05) is 0 Å². The quantitative estimate of drug-likeness (QED) is 0.752. The Morgan fingerprint density at radius 3 is 2.54 bits per heavy atom. The number of ether oxygens (including phenoxy) is 1. The molecule has 0 aliphatic rings. The van der Waals surface area contributed by atoms with Gasteiger partial charge in [-0.05, 0) is 19.9 Å². The van der Waals surface area contributed by atoms with E-state index in [0.29, 0.717) is 5.82 Å². The third-order valence-electron chi connectivity index (χ3n) is 1.47. The molecule has 0 aromatic carbocycles. The fraction of sp³-hybridized carbons (Fsp3) is 0.556. The maximum Gasteiger partial charge on any atom is 0.159 e. The van der Waals surface area contributed by atoms with Crippen LogP contribution in [0, 0.1) is 0 Å². The molecule has 1 unspecified atom stereocenters. The molecule has 4 nitrogen and oxygen atoms in total. The lowest BCUT2D eigenvalue weighted by Crippen LogP contribution is -2.13. The topological polar surface area (TPSA) is 55.2 Å². The van der Waals surface area contributed by atoms with Gasteiger partial charge in [0.2, 0.25) is 0 Å². The minimum Gasteiger partial charge on any atom is -0.383 e. The van der Waals surface area contributed by atoms with Gasteiger partial charge in [-0.25, -0.2) is 9.97 Å². The van der Waals surface area contributed by atoms with Gasteiger partial charge in [-0.2, -0.15) is 0 Å². The first-order chi connectivity index (χ1) is 6.20. The van der Waals surface area contributed by atoms with Crippen molar-refractivity contribution in [1.82, 2.24) is 9.97 Å². The zero-order valence-corrected chi connectivity index (χ0v) is 7.84. The Morgan fingerprint density at radius 1 is 1.38 bits per heavy atom. The first kappa shape index (κ1) is 10.1. The van der Waals surface area contributed by atoms with Crippen molar-refractivity contribution in [1.29, 1.82) is 0 Å². The van der Waals surface area contributed by atoms with E-state index in [9.17, 15) is 5.11 Å². The predicted octanol–water partition coefficient (Wildman–Crippen LogP) is 0.935. The van der Waals surface area contributed by atoms with Gasteiger partial charge in [0.1, 0.15) is 6.10 Å². The number of nitrogens with zero attached hydrogens (tertiary/aromatic N) is 2. The molecule has 1 heterocycles.